The average molecular weight is 529 g/mol. The van der Waals surface area contributed by atoms with Crippen LogP contribution in [-0.4, -0.2) is 78.4 Å². The second kappa shape index (κ2) is 10.4. The molecule has 0 radical (unpaired) electrons. The van der Waals surface area contributed by atoms with E-state index in [9.17, 15) is 13.6 Å². The van der Waals surface area contributed by atoms with Crippen LogP contribution in [0.5, 0.6) is 17.2 Å². The zero-order valence-corrected chi connectivity index (χ0v) is 21.1. The molecule has 6 rings (SSSR count). The summed E-state index contributed by atoms with van der Waals surface area (Å²) in [7, 11) is 1.39. The lowest BCUT2D eigenvalue weighted by Gasteiger charge is -2.26. The van der Waals surface area contributed by atoms with Crippen LogP contribution in [0.3, 0.4) is 0 Å². The summed E-state index contributed by atoms with van der Waals surface area (Å²) in [6.07, 6.45) is 7.62. The van der Waals surface area contributed by atoms with Crippen molar-refractivity contribution in [3.63, 3.8) is 0 Å². The number of amides is 1. The number of hydrogen-bond acceptors (Lipinski definition) is 7. The molecule has 2 aliphatic heterocycles. The molecule has 1 saturated carbocycles. The van der Waals surface area contributed by atoms with Crippen molar-refractivity contribution in [2.75, 3.05) is 33.4 Å². The molecular weight excluding hydrogens is 498 g/mol. The van der Waals surface area contributed by atoms with Crippen molar-refractivity contribution >= 4 is 11.6 Å². The Kier molecular flexibility index (Phi) is 6.79. The van der Waals surface area contributed by atoms with E-state index in [1.165, 1.54) is 13.2 Å². The van der Waals surface area contributed by atoms with E-state index in [1.54, 1.807) is 12.3 Å². The highest BCUT2D eigenvalue weighted by molar-refractivity contribution is 6.01. The first-order valence-electron chi connectivity index (χ1n) is 12.9. The molecule has 3 fully saturated rings. The van der Waals surface area contributed by atoms with Gasteiger partial charge in [-0.15, -0.1) is 0 Å². The summed E-state index contributed by atoms with van der Waals surface area (Å²) in [6, 6.07) is 7.32. The van der Waals surface area contributed by atoms with E-state index in [4.69, 9.17) is 18.9 Å². The third kappa shape index (κ3) is 5.12. The number of halogens is 2. The molecular formula is C27H30F2N4O5. The number of imidazole rings is 1. The lowest BCUT2D eigenvalue weighted by atomic mass is 10.1. The summed E-state index contributed by atoms with van der Waals surface area (Å²) in [5, 5.41) is 2.81. The maximum Gasteiger partial charge on any atom is 0.387 e. The van der Waals surface area contributed by atoms with Gasteiger partial charge in [0.2, 0.25) is 0 Å². The zero-order chi connectivity index (χ0) is 26.2. The van der Waals surface area contributed by atoms with Gasteiger partial charge in [-0.2, -0.15) is 8.78 Å². The normalized spacial score (nSPS) is 20.8. The number of fused-ring (bicyclic) bond motifs is 3. The van der Waals surface area contributed by atoms with Gasteiger partial charge in [0.05, 0.1) is 38.3 Å². The van der Waals surface area contributed by atoms with Crippen LogP contribution in [0.15, 0.2) is 36.7 Å². The van der Waals surface area contributed by atoms with Crippen molar-refractivity contribution in [2.45, 2.75) is 50.5 Å². The molecule has 11 heteroatoms. The number of pyridine rings is 1. The molecule has 3 aromatic rings. The van der Waals surface area contributed by atoms with Gasteiger partial charge in [-0.05, 0) is 43.9 Å². The first kappa shape index (κ1) is 24.9. The summed E-state index contributed by atoms with van der Waals surface area (Å²) in [6.45, 7) is 0.323. The number of methoxy groups -OCH3 is 1. The molecule has 2 aromatic heterocycles. The first-order valence-corrected chi connectivity index (χ1v) is 12.9. The monoisotopic (exact) mass is 528 g/mol. The minimum Gasteiger partial charge on any atom is -0.496 e. The highest BCUT2D eigenvalue weighted by Gasteiger charge is 2.38. The Bertz CT molecular complexity index is 1330. The summed E-state index contributed by atoms with van der Waals surface area (Å²) in [4.78, 5) is 19.7. The van der Waals surface area contributed by atoms with Crippen molar-refractivity contribution < 1.29 is 32.5 Å². The Morgan fingerprint density at radius 3 is 2.82 bits per heavy atom. The second-order valence-electron chi connectivity index (χ2n) is 9.95. The summed E-state index contributed by atoms with van der Waals surface area (Å²) >= 11 is 0. The fourth-order valence-electron chi connectivity index (χ4n) is 5.27. The Balaban J connectivity index is 1.19. The van der Waals surface area contributed by atoms with Crippen LogP contribution in [0, 0.1) is 0 Å². The standard InChI is InChI=1S/C27H30F2N4O5/c1-35-22-9-16(10-23(38-27(28)29)25(22)26(34)31-17-3-4-17)21-13-30-24-12-19(5-7-33(21)24)36-8-2-6-32-14-20-11-18(32)15-37-20/h5,7,9-10,12-13,17-18,20,27H,2-4,6,8,11,14-15H2,1H3,(H,31,34). The molecule has 38 heavy (non-hydrogen) atoms. The van der Waals surface area contributed by atoms with Crippen LogP contribution >= 0.6 is 0 Å². The van der Waals surface area contributed by atoms with E-state index in [-0.39, 0.29) is 23.1 Å². The number of aromatic nitrogens is 2. The molecule has 9 nitrogen and oxygen atoms in total. The molecule has 3 aliphatic rings. The Morgan fingerprint density at radius 1 is 1.26 bits per heavy atom. The molecule has 1 N–H and O–H groups in total. The van der Waals surface area contributed by atoms with Crippen molar-refractivity contribution in [3.8, 4) is 28.5 Å². The number of hydrogen-bond donors (Lipinski definition) is 1. The van der Waals surface area contributed by atoms with E-state index in [0.29, 0.717) is 41.4 Å². The number of carbonyl (C=O) groups excluding carboxylic acids is 1. The van der Waals surface area contributed by atoms with E-state index in [2.05, 4.69) is 15.2 Å². The van der Waals surface area contributed by atoms with Gasteiger partial charge in [0.25, 0.3) is 5.91 Å². The molecule has 202 valence electrons. The van der Waals surface area contributed by atoms with Crippen LogP contribution in [0.25, 0.3) is 16.9 Å². The fraction of sp³-hybridized carbons (Fsp3) is 0.481. The van der Waals surface area contributed by atoms with Gasteiger partial charge >= 0.3 is 6.61 Å². The molecule has 2 atom stereocenters. The quantitative estimate of drug-likeness (QED) is 0.380. The Labute approximate surface area is 218 Å². The van der Waals surface area contributed by atoms with Gasteiger partial charge in [-0.25, -0.2) is 4.98 Å². The molecule has 4 heterocycles. The van der Waals surface area contributed by atoms with Crippen molar-refractivity contribution in [2.24, 2.45) is 0 Å². The Hall–Kier alpha value is -3.44. The number of nitrogens with one attached hydrogen (secondary N) is 1. The number of alkyl halides is 2. The number of ether oxygens (including phenoxy) is 4. The average Bonchev–Trinajstić information content (AvgIpc) is 3.27. The minimum atomic E-state index is -3.10. The maximum atomic E-state index is 13.3. The molecule has 2 bridgehead atoms. The van der Waals surface area contributed by atoms with E-state index >= 15 is 0 Å². The predicted molar refractivity (Wildman–Crippen MR) is 134 cm³/mol. The van der Waals surface area contributed by atoms with Gasteiger partial charge in [0, 0.05) is 43.0 Å². The minimum absolute atomic E-state index is 0.0476. The van der Waals surface area contributed by atoms with Gasteiger partial charge in [-0.1, -0.05) is 0 Å². The summed E-state index contributed by atoms with van der Waals surface area (Å²) in [5.41, 5.74) is 1.73. The second-order valence-corrected chi connectivity index (χ2v) is 9.95. The fourth-order valence-corrected chi connectivity index (χ4v) is 5.27. The number of likely N-dealkylation sites (tertiary alicyclic amines) is 1. The topological polar surface area (TPSA) is 86.6 Å². The highest BCUT2D eigenvalue weighted by Crippen LogP contribution is 2.37. The predicted octanol–water partition coefficient (Wildman–Crippen LogP) is 3.75. The molecule has 1 amide bonds. The molecule has 2 unspecified atom stereocenters. The number of nitrogens with zero attached hydrogens (tertiary/aromatic N) is 3. The molecule has 1 aromatic carbocycles. The van der Waals surface area contributed by atoms with Gasteiger partial charge < -0.3 is 24.3 Å². The lowest BCUT2D eigenvalue weighted by Crippen LogP contribution is -2.37. The molecule has 2 saturated heterocycles. The van der Waals surface area contributed by atoms with Crippen LogP contribution in [0.1, 0.15) is 36.0 Å². The van der Waals surface area contributed by atoms with Crippen LogP contribution in [0.4, 0.5) is 8.78 Å². The van der Waals surface area contributed by atoms with E-state index < -0.39 is 12.5 Å². The largest absolute Gasteiger partial charge is 0.496 e. The summed E-state index contributed by atoms with van der Waals surface area (Å²) < 4.78 is 50.1. The smallest absolute Gasteiger partial charge is 0.387 e. The van der Waals surface area contributed by atoms with Gasteiger partial charge in [0.1, 0.15) is 28.5 Å². The van der Waals surface area contributed by atoms with Crippen LogP contribution in [0.2, 0.25) is 0 Å². The maximum absolute atomic E-state index is 13.3. The zero-order valence-electron chi connectivity index (χ0n) is 21.1. The SMILES string of the molecule is COc1cc(-c2cnc3cc(OCCCN4CC5CC4CO5)ccn23)cc(OC(F)F)c1C(=O)NC1CC1. The number of morpholine rings is 1. The van der Waals surface area contributed by atoms with Gasteiger partial charge in [-0.3, -0.25) is 14.1 Å². The molecule has 0 spiro atoms. The highest BCUT2D eigenvalue weighted by atomic mass is 19.3. The van der Waals surface area contributed by atoms with Gasteiger partial charge in [0.15, 0.2) is 0 Å². The van der Waals surface area contributed by atoms with Crippen LogP contribution in [-0.2, 0) is 4.74 Å². The van der Waals surface area contributed by atoms with Crippen molar-refractivity contribution in [3.05, 3.63) is 42.2 Å². The Morgan fingerprint density at radius 2 is 2.11 bits per heavy atom. The van der Waals surface area contributed by atoms with E-state index in [0.717, 1.165) is 45.4 Å². The number of carbonyl (C=O) groups is 1. The van der Waals surface area contributed by atoms with E-state index in [1.807, 2.05) is 22.7 Å². The molecule has 1 aliphatic carbocycles. The summed E-state index contributed by atoms with van der Waals surface area (Å²) in [5.74, 6) is 0.0913. The lowest BCUT2D eigenvalue weighted by molar-refractivity contribution is -0.0502. The third-order valence-electron chi connectivity index (χ3n) is 7.29. The number of benzene rings is 1. The van der Waals surface area contributed by atoms with Crippen molar-refractivity contribution in [1.29, 1.82) is 0 Å². The first-order chi connectivity index (χ1) is 18.5. The third-order valence-corrected chi connectivity index (χ3v) is 7.29. The van der Waals surface area contributed by atoms with Crippen molar-refractivity contribution in [1.82, 2.24) is 19.6 Å². The number of rotatable bonds is 11. The van der Waals surface area contributed by atoms with Crippen LogP contribution < -0.4 is 19.5 Å².